The predicted molar refractivity (Wildman–Crippen MR) is 61.1 cm³/mol. The third-order valence-electron chi connectivity index (χ3n) is 2.69. The van der Waals surface area contributed by atoms with Crippen molar-refractivity contribution < 1.29 is 14.4 Å². The summed E-state index contributed by atoms with van der Waals surface area (Å²) in [6, 6.07) is 4.92. The van der Waals surface area contributed by atoms with Crippen molar-refractivity contribution in [3.8, 4) is 5.75 Å². The Morgan fingerprint density at radius 2 is 2.35 bits per heavy atom. The lowest BCUT2D eigenvalue weighted by Crippen LogP contribution is -2.45. The van der Waals surface area contributed by atoms with E-state index in [1.54, 1.807) is 13.2 Å². The highest BCUT2D eigenvalue weighted by molar-refractivity contribution is 5.43. The summed E-state index contributed by atoms with van der Waals surface area (Å²) in [6.45, 7) is 1.92. The van der Waals surface area contributed by atoms with Gasteiger partial charge in [-0.15, -0.1) is 0 Å². The predicted octanol–water partition coefficient (Wildman–Crippen LogP) is 1.09. The van der Waals surface area contributed by atoms with Gasteiger partial charge >= 0.3 is 0 Å². The number of ether oxygens (including phenoxy) is 2. The molecule has 2 rings (SSSR count). The molecule has 0 spiro atoms. The van der Waals surface area contributed by atoms with Crippen molar-refractivity contribution in [1.29, 1.82) is 0 Å². The lowest BCUT2D eigenvalue weighted by atomic mass is 10.1. The minimum atomic E-state index is -0.407. The molecule has 1 heterocycles. The number of nitro benzene ring substituents is 1. The number of hydrogen-bond acceptors (Lipinski definition) is 5. The summed E-state index contributed by atoms with van der Waals surface area (Å²) in [5.41, 5.74) is 0.862. The van der Waals surface area contributed by atoms with Crippen LogP contribution in [0.3, 0.4) is 0 Å². The number of nitrogens with zero attached hydrogens (tertiary/aromatic N) is 1. The average molecular weight is 238 g/mol. The first-order chi connectivity index (χ1) is 8.20. The fourth-order valence-corrected chi connectivity index (χ4v) is 1.62. The fourth-order valence-electron chi connectivity index (χ4n) is 1.62. The quantitative estimate of drug-likeness (QED) is 0.614. The molecule has 1 aliphatic heterocycles. The van der Waals surface area contributed by atoms with E-state index >= 15 is 0 Å². The molecule has 0 aromatic heterocycles. The van der Waals surface area contributed by atoms with Gasteiger partial charge in [0, 0.05) is 24.2 Å². The van der Waals surface area contributed by atoms with Gasteiger partial charge in [0.05, 0.1) is 31.3 Å². The van der Waals surface area contributed by atoms with Crippen molar-refractivity contribution in [1.82, 2.24) is 5.32 Å². The van der Waals surface area contributed by atoms with E-state index in [-0.39, 0.29) is 5.69 Å². The molecule has 0 radical (unpaired) electrons. The van der Waals surface area contributed by atoms with Crippen LogP contribution in [-0.2, 0) is 11.3 Å². The molecule has 1 fully saturated rings. The molecule has 1 aromatic carbocycles. The van der Waals surface area contributed by atoms with Crippen molar-refractivity contribution in [2.24, 2.45) is 0 Å². The van der Waals surface area contributed by atoms with Crippen molar-refractivity contribution in [3.63, 3.8) is 0 Å². The maximum Gasteiger partial charge on any atom is 0.270 e. The molecule has 1 N–H and O–H groups in total. The van der Waals surface area contributed by atoms with Gasteiger partial charge in [-0.1, -0.05) is 0 Å². The van der Waals surface area contributed by atoms with Crippen molar-refractivity contribution >= 4 is 5.69 Å². The molecule has 0 atom stereocenters. The van der Waals surface area contributed by atoms with E-state index in [2.05, 4.69) is 5.32 Å². The van der Waals surface area contributed by atoms with Crippen LogP contribution < -0.4 is 10.1 Å². The summed E-state index contributed by atoms with van der Waals surface area (Å²) < 4.78 is 10.2. The first-order valence-electron chi connectivity index (χ1n) is 5.33. The monoisotopic (exact) mass is 238 g/mol. The van der Waals surface area contributed by atoms with E-state index in [1.165, 1.54) is 12.1 Å². The Morgan fingerprint density at radius 1 is 1.59 bits per heavy atom. The van der Waals surface area contributed by atoms with Crippen LogP contribution in [0.25, 0.3) is 0 Å². The summed E-state index contributed by atoms with van der Waals surface area (Å²) in [5.74, 6) is 0.656. The lowest BCUT2D eigenvalue weighted by molar-refractivity contribution is -0.384. The van der Waals surface area contributed by atoms with Crippen LogP contribution >= 0.6 is 0 Å². The summed E-state index contributed by atoms with van der Waals surface area (Å²) >= 11 is 0. The zero-order valence-corrected chi connectivity index (χ0v) is 9.51. The molecule has 0 bridgehead atoms. The largest absolute Gasteiger partial charge is 0.496 e. The van der Waals surface area contributed by atoms with E-state index in [1.807, 2.05) is 0 Å². The highest BCUT2D eigenvalue weighted by Crippen LogP contribution is 2.24. The van der Waals surface area contributed by atoms with E-state index in [0.717, 1.165) is 5.56 Å². The molecular weight excluding hydrogens is 224 g/mol. The number of rotatable bonds is 5. The Hall–Kier alpha value is -1.66. The Labute approximate surface area is 98.7 Å². The van der Waals surface area contributed by atoms with Crippen LogP contribution in [0, 0.1) is 10.1 Å². The summed E-state index contributed by atoms with van der Waals surface area (Å²) in [6.07, 6.45) is 0. The molecule has 1 aromatic rings. The number of nitro groups is 1. The smallest absolute Gasteiger partial charge is 0.270 e. The molecule has 0 amide bonds. The van der Waals surface area contributed by atoms with Crippen LogP contribution in [-0.4, -0.2) is 31.3 Å². The van der Waals surface area contributed by atoms with Gasteiger partial charge in [-0.25, -0.2) is 0 Å². The second-order valence-corrected chi connectivity index (χ2v) is 3.87. The van der Waals surface area contributed by atoms with Gasteiger partial charge in [0.15, 0.2) is 0 Å². The number of methoxy groups -OCH3 is 1. The maximum atomic E-state index is 10.7. The van der Waals surface area contributed by atoms with E-state index in [0.29, 0.717) is 31.5 Å². The van der Waals surface area contributed by atoms with Crippen LogP contribution in [0.15, 0.2) is 18.2 Å². The van der Waals surface area contributed by atoms with Crippen LogP contribution in [0.4, 0.5) is 5.69 Å². The van der Waals surface area contributed by atoms with Crippen LogP contribution in [0.1, 0.15) is 5.56 Å². The van der Waals surface area contributed by atoms with Gasteiger partial charge in [-0.2, -0.15) is 0 Å². The molecular formula is C11H14N2O4. The standard InChI is InChI=1S/C11H14N2O4/c1-16-11-3-2-10(13(14)15)4-8(11)5-12-9-6-17-7-9/h2-4,9,12H,5-7H2,1H3. The molecule has 92 valence electrons. The number of hydrogen-bond donors (Lipinski definition) is 1. The highest BCUT2D eigenvalue weighted by Gasteiger charge is 2.18. The Balaban J connectivity index is 2.10. The minimum absolute atomic E-state index is 0.0764. The second-order valence-electron chi connectivity index (χ2n) is 3.87. The van der Waals surface area contributed by atoms with E-state index < -0.39 is 4.92 Å². The van der Waals surface area contributed by atoms with Crippen molar-refractivity contribution in [2.45, 2.75) is 12.6 Å². The second kappa shape index (κ2) is 5.11. The van der Waals surface area contributed by atoms with Crippen LogP contribution in [0.5, 0.6) is 5.75 Å². The highest BCUT2D eigenvalue weighted by atomic mass is 16.6. The zero-order valence-electron chi connectivity index (χ0n) is 9.51. The summed E-state index contributed by atoms with van der Waals surface area (Å²) in [7, 11) is 1.55. The normalized spacial score (nSPS) is 15.4. The molecule has 1 saturated heterocycles. The Bertz CT molecular complexity index is 418. The molecule has 6 heteroatoms. The summed E-state index contributed by atoms with van der Waals surface area (Å²) in [5, 5.41) is 13.9. The first kappa shape index (κ1) is 11.8. The third-order valence-corrected chi connectivity index (χ3v) is 2.69. The minimum Gasteiger partial charge on any atom is -0.496 e. The topological polar surface area (TPSA) is 73.6 Å². The van der Waals surface area contributed by atoms with Gasteiger partial charge in [0.2, 0.25) is 0 Å². The number of nitrogens with one attached hydrogen (secondary N) is 1. The molecule has 17 heavy (non-hydrogen) atoms. The maximum absolute atomic E-state index is 10.7. The number of benzene rings is 1. The van der Waals surface area contributed by atoms with Crippen molar-refractivity contribution in [2.75, 3.05) is 20.3 Å². The SMILES string of the molecule is COc1ccc([N+](=O)[O-])cc1CNC1COC1. The third kappa shape index (κ3) is 2.72. The van der Waals surface area contributed by atoms with Gasteiger partial charge in [-0.3, -0.25) is 10.1 Å². The fraction of sp³-hybridized carbons (Fsp3) is 0.455. The molecule has 0 unspecified atom stereocenters. The molecule has 0 saturated carbocycles. The van der Waals surface area contributed by atoms with Crippen molar-refractivity contribution in [3.05, 3.63) is 33.9 Å². The lowest BCUT2D eigenvalue weighted by Gasteiger charge is -2.27. The molecule has 0 aliphatic carbocycles. The summed E-state index contributed by atoms with van der Waals surface area (Å²) in [4.78, 5) is 10.3. The molecule has 1 aliphatic rings. The van der Waals surface area contributed by atoms with Gasteiger partial charge in [-0.05, 0) is 6.07 Å². The zero-order chi connectivity index (χ0) is 12.3. The Morgan fingerprint density at radius 3 is 2.88 bits per heavy atom. The Kier molecular flexibility index (Phi) is 3.55. The van der Waals surface area contributed by atoms with Gasteiger partial charge < -0.3 is 14.8 Å². The van der Waals surface area contributed by atoms with Gasteiger partial charge in [0.25, 0.3) is 5.69 Å². The number of non-ortho nitro benzene ring substituents is 1. The van der Waals surface area contributed by atoms with Crippen LogP contribution in [0.2, 0.25) is 0 Å². The first-order valence-corrected chi connectivity index (χ1v) is 5.33. The van der Waals surface area contributed by atoms with E-state index in [9.17, 15) is 10.1 Å². The van der Waals surface area contributed by atoms with E-state index in [4.69, 9.17) is 9.47 Å². The molecule has 6 nitrogen and oxygen atoms in total. The average Bonchev–Trinajstić information content (AvgIpc) is 2.26. The van der Waals surface area contributed by atoms with Gasteiger partial charge in [0.1, 0.15) is 5.75 Å².